The lowest BCUT2D eigenvalue weighted by molar-refractivity contribution is 0.581. The summed E-state index contributed by atoms with van der Waals surface area (Å²) >= 11 is 12.0. The monoisotopic (exact) mass is 409 g/mol. The zero-order chi connectivity index (χ0) is 18.9. The number of nitrogens with one attached hydrogen (secondary N) is 1. The Labute approximate surface area is 162 Å². The van der Waals surface area contributed by atoms with Gasteiger partial charge < -0.3 is 0 Å². The molecule has 0 atom stereocenters. The summed E-state index contributed by atoms with van der Waals surface area (Å²) in [5, 5.41) is 4.68. The molecule has 0 amide bonds. The summed E-state index contributed by atoms with van der Waals surface area (Å²) in [4.78, 5) is -0.117. The number of halogens is 2. The standard InChI is InChI=1S/C18H17Cl2N3O2S/c1-12-15(13(2)23(22-12)14-7-4-3-5-8-14)11-21-26(24,25)18-16(19)9-6-10-17(18)20/h3-10,21H,11H2,1-2H3. The predicted molar refractivity (Wildman–Crippen MR) is 104 cm³/mol. The lowest BCUT2D eigenvalue weighted by atomic mass is 10.2. The fraction of sp³-hybridized carbons (Fsp3) is 0.167. The summed E-state index contributed by atoms with van der Waals surface area (Å²) < 4.78 is 29.6. The fourth-order valence-corrected chi connectivity index (χ4v) is 4.87. The Bertz CT molecular complexity index is 1030. The van der Waals surface area contributed by atoms with Crippen LogP contribution in [0.5, 0.6) is 0 Å². The molecule has 0 fully saturated rings. The lowest BCUT2D eigenvalue weighted by Gasteiger charge is -2.10. The Hall–Kier alpha value is -1.86. The van der Waals surface area contributed by atoms with Gasteiger partial charge in [-0.05, 0) is 38.1 Å². The molecule has 5 nitrogen and oxygen atoms in total. The van der Waals surface area contributed by atoms with Crippen LogP contribution in [0.3, 0.4) is 0 Å². The number of benzene rings is 2. The van der Waals surface area contributed by atoms with Crippen molar-refractivity contribution in [3.8, 4) is 5.69 Å². The van der Waals surface area contributed by atoms with Gasteiger partial charge in [-0.25, -0.2) is 17.8 Å². The second-order valence-corrected chi connectivity index (χ2v) is 8.29. The Kier molecular flexibility index (Phi) is 5.39. The minimum Gasteiger partial charge on any atom is -0.238 e. The van der Waals surface area contributed by atoms with E-state index in [1.54, 1.807) is 10.7 Å². The van der Waals surface area contributed by atoms with Gasteiger partial charge >= 0.3 is 0 Å². The first kappa shape index (κ1) is 18.9. The molecule has 0 unspecified atom stereocenters. The molecule has 2 aromatic carbocycles. The highest BCUT2D eigenvalue weighted by Gasteiger charge is 2.22. The van der Waals surface area contributed by atoms with E-state index in [0.29, 0.717) is 0 Å². The van der Waals surface area contributed by atoms with Crippen molar-refractivity contribution >= 4 is 33.2 Å². The fourth-order valence-electron chi connectivity index (χ4n) is 2.73. The van der Waals surface area contributed by atoms with E-state index in [2.05, 4.69) is 9.82 Å². The third-order valence-electron chi connectivity index (χ3n) is 4.07. The van der Waals surface area contributed by atoms with E-state index in [-0.39, 0.29) is 21.5 Å². The Morgan fingerprint density at radius 1 is 1.00 bits per heavy atom. The predicted octanol–water partition coefficient (Wildman–Crippen LogP) is 4.27. The number of aryl methyl sites for hydroxylation is 1. The van der Waals surface area contributed by atoms with Gasteiger partial charge in [-0.15, -0.1) is 0 Å². The number of nitrogens with zero attached hydrogens (tertiary/aromatic N) is 2. The summed E-state index contributed by atoms with van der Waals surface area (Å²) in [7, 11) is -3.86. The first-order chi connectivity index (χ1) is 12.3. The summed E-state index contributed by atoms with van der Waals surface area (Å²) in [6.07, 6.45) is 0. The van der Waals surface area contributed by atoms with E-state index < -0.39 is 10.0 Å². The van der Waals surface area contributed by atoms with Gasteiger partial charge in [-0.2, -0.15) is 5.10 Å². The van der Waals surface area contributed by atoms with E-state index in [0.717, 1.165) is 22.6 Å². The average molecular weight is 410 g/mol. The molecule has 0 saturated heterocycles. The smallest absolute Gasteiger partial charge is 0.238 e. The van der Waals surface area contributed by atoms with Crippen molar-refractivity contribution in [2.45, 2.75) is 25.3 Å². The normalized spacial score (nSPS) is 11.7. The van der Waals surface area contributed by atoms with Crippen LogP contribution in [0.25, 0.3) is 5.69 Å². The van der Waals surface area contributed by atoms with Crippen molar-refractivity contribution in [2.24, 2.45) is 0 Å². The minimum atomic E-state index is -3.86. The molecule has 136 valence electrons. The third-order valence-corrected chi connectivity index (χ3v) is 6.42. The molecule has 0 aliphatic carbocycles. The highest BCUT2D eigenvalue weighted by Crippen LogP contribution is 2.29. The number of sulfonamides is 1. The molecule has 0 spiro atoms. The van der Waals surface area contributed by atoms with E-state index in [1.807, 2.05) is 44.2 Å². The van der Waals surface area contributed by atoms with Crippen LogP contribution in [0.15, 0.2) is 53.4 Å². The first-order valence-electron chi connectivity index (χ1n) is 7.85. The van der Waals surface area contributed by atoms with Gasteiger partial charge in [0.1, 0.15) is 4.90 Å². The summed E-state index contributed by atoms with van der Waals surface area (Å²) in [6.45, 7) is 3.84. The second kappa shape index (κ2) is 7.40. The van der Waals surface area contributed by atoms with Gasteiger partial charge in [0.05, 0.1) is 21.4 Å². The van der Waals surface area contributed by atoms with E-state index >= 15 is 0 Å². The highest BCUT2D eigenvalue weighted by molar-refractivity contribution is 7.89. The van der Waals surface area contributed by atoms with Crippen LogP contribution in [0.1, 0.15) is 17.0 Å². The number of rotatable bonds is 5. The van der Waals surface area contributed by atoms with Crippen LogP contribution >= 0.6 is 23.2 Å². The molecular formula is C18H17Cl2N3O2S. The summed E-state index contributed by atoms with van der Waals surface area (Å²) in [6, 6.07) is 14.2. The van der Waals surface area contributed by atoms with Gasteiger partial charge in [0.15, 0.2) is 0 Å². The molecule has 0 aliphatic heterocycles. The van der Waals surface area contributed by atoms with Gasteiger partial charge in [0.2, 0.25) is 10.0 Å². The maximum atomic E-state index is 12.6. The molecule has 0 radical (unpaired) electrons. The number of para-hydroxylation sites is 1. The van der Waals surface area contributed by atoms with Crippen molar-refractivity contribution in [3.63, 3.8) is 0 Å². The molecule has 0 bridgehead atoms. The Balaban J connectivity index is 1.90. The molecule has 0 saturated carbocycles. The van der Waals surface area contributed by atoms with Crippen LogP contribution < -0.4 is 4.72 Å². The first-order valence-corrected chi connectivity index (χ1v) is 10.1. The molecule has 26 heavy (non-hydrogen) atoms. The van der Waals surface area contributed by atoms with Gasteiger partial charge in [-0.1, -0.05) is 47.5 Å². The third kappa shape index (κ3) is 3.64. The lowest BCUT2D eigenvalue weighted by Crippen LogP contribution is -2.24. The quantitative estimate of drug-likeness (QED) is 0.683. The van der Waals surface area contributed by atoms with E-state index in [9.17, 15) is 8.42 Å². The molecule has 8 heteroatoms. The van der Waals surface area contributed by atoms with Crippen molar-refractivity contribution in [1.29, 1.82) is 0 Å². The largest absolute Gasteiger partial charge is 0.243 e. The zero-order valence-corrected chi connectivity index (χ0v) is 16.5. The van der Waals surface area contributed by atoms with Crippen molar-refractivity contribution in [1.82, 2.24) is 14.5 Å². The number of hydrogen-bond acceptors (Lipinski definition) is 3. The van der Waals surface area contributed by atoms with Gasteiger partial charge in [0, 0.05) is 17.8 Å². The molecule has 3 rings (SSSR count). The Morgan fingerprint density at radius 3 is 2.23 bits per heavy atom. The van der Waals surface area contributed by atoms with Gasteiger partial charge in [-0.3, -0.25) is 0 Å². The maximum absolute atomic E-state index is 12.6. The molecule has 1 heterocycles. The van der Waals surface area contributed by atoms with Crippen molar-refractivity contribution in [3.05, 3.63) is 75.5 Å². The SMILES string of the molecule is Cc1nn(-c2ccccc2)c(C)c1CNS(=O)(=O)c1c(Cl)cccc1Cl. The number of aromatic nitrogens is 2. The minimum absolute atomic E-state index is 0.0819. The average Bonchev–Trinajstić information content (AvgIpc) is 2.88. The zero-order valence-electron chi connectivity index (χ0n) is 14.2. The highest BCUT2D eigenvalue weighted by atomic mass is 35.5. The molecule has 1 N–H and O–H groups in total. The molecule has 1 aromatic heterocycles. The van der Waals surface area contributed by atoms with Crippen LogP contribution in [0, 0.1) is 13.8 Å². The topological polar surface area (TPSA) is 64.0 Å². The maximum Gasteiger partial charge on any atom is 0.243 e. The van der Waals surface area contributed by atoms with Gasteiger partial charge in [0.25, 0.3) is 0 Å². The van der Waals surface area contributed by atoms with E-state index in [4.69, 9.17) is 23.2 Å². The Morgan fingerprint density at radius 2 is 1.62 bits per heavy atom. The summed E-state index contributed by atoms with van der Waals surface area (Å²) in [5.74, 6) is 0. The van der Waals surface area contributed by atoms with Crippen LogP contribution in [0.4, 0.5) is 0 Å². The summed E-state index contributed by atoms with van der Waals surface area (Å²) in [5.41, 5.74) is 3.33. The second-order valence-electron chi connectivity index (χ2n) is 5.77. The van der Waals surface area contributed by atoms with E-state index in [1.165, 1.54) is 12.1 Å². The molecular weight excluding hydrogens is 393 g/mol. The van der Waals surface area contributed by atoms with Crippen LogP contribution in [-0.2, 0) is 16.6 Å². The van der Waals surface area contributed by atoms with Crippen LogP contribution in [0.2, 0.25) is 10.0 Å². The van der Waals surface area contributed by atoms with Crippen molar-refractivity contribution in [2.75, 3.05) is 0 Å². The number of hydrogen-bond donors (Lipinski definition) is 1. The molecule has 0 aliphatic rings. The van der Waals surface area contributed by atoms with Crippen molar-refractivity contribution < 1.29 is 8.42 Å². The molecule has 3 aromatic rings. The van der Waals surface area contributed by atoms with Crippen LogP contribution in [-0.4, -0.2) is 18.2 Å².